The van der Waals surface area contributed by atoms with Crippen LogP contribution in [0.25, 0.3) is 10.9 Å². The smallest absolute Gasteiger partial charge is 0.261 e. The number of carbonyl (C=O) groups is 1. The Morgan fingerprint density at radius 3 is 2.68 bits per heavy atom. The second-order valence-electron chi connectivity index (χ2n) is 6.02. The normalized spacial score (nSPS) is 12.6. The minimum Gasteiger partial charge on any atom is -0.341 e. The van der Waals surface area contributed by atoms with Crippen LogP contribution in [0.2, 0.25) is 0 Å². The van der Waals surface area contributed by atoms with E-state index in [0.29, 0.717) is 18.9 Å². The van der Waals surface area contributed by atoms with Crippen LogP contribution in [0.1, 0.15) is 30.6 Å². The van der Waals surface area contributed by atoms with Gasteiger partial charge in [0.1, 0.15) is 5.56 Å². The van der Waals surface area contributed by atoms with Crippen molar-refractivity contribution in [1.82, 2.24) is 9.88 Å². The fourth-order valence-electron chi connectivity index (χ4n) is 2.29. The van der Waals surface area contributed by atoms with E-state index in [4.69, 9.17) is 5.73 Å². The highest BCUT2D eigenvalue weighted by molar-refractivity contribution is 5.97. The van der Waals surface area contributed by atoms with Gasteiger partial charge >= 0.3 is 0 Å². The average molecular weight is 301 g/mol. The topological polar surface area (TPSA) is 79.2 Å². The first-order valence-corrected chi connectivity index (χ1v) is 7.53. The van der Waals surface area contributed by atoms with E-state index in [1.54, 1.807) is 18.0 Å². The van der Waals surface area contributed by atoms with Crippen LogP contribution in [-0.4, -0.2) is 35.4 Å². The van der Waals surface area contributed by atoms with Gasteiger partial charge in [-0.3, -0.25) is 9.59 Å². The van der Waals surface area contributed by atoms with Crippen LogP contribution < -0.4 is 11.3 Å². The Morgan fingerprint density at radius 2 is 2.00 bits per heavy atom. The number of nitrogens with two attached hydrogens (primary N) is 1. The van der Waals surface area contributed by atoms with Crippen molar-refractivity contribution in [3.8, 4) is 0 Å². The summed E-state index contributed by atoms with van der Waals surface area (Å²) in [6, 6.07) is 9.10. The molecule has 0 spiro atoms. The third-order valence-electron chi connectivity index (χ3n) is 3.98. The largest absolute Gasteiger partial charge is 0.341 e. The first-order valence-electron chi connectivity index (χ1n) is 7.53. The van der Waals surface area contributed by atoms with Gasteiger partial charge in [0.25, 0.3) is 11.5 Å². The van der Waals surface area contributed by atoms with Crippen LogP contribution in [0.3, 0.4) is 0 Å². The minimum absolute atomic E-state index is 0.0464. The van der Waals surface area contributed by atoms with Gasteiger partial charge in [0.15, 0.2) is 0 Å². The number of fused-ring (bicyclic) bond motifs is 1. The van der Waals surface area contributed by atoms with E-state index in [1.165, 1.54) is 0 Å². The molecule has 2 aromatic rings. The lowest BCUT2D eigenvalue weighted by atomic mass is 10.0. The molecule has 0 aliphatic rings. The van der Waals surface area contributed by atoms with E-state index in [9.17, 15) is 9.59 Å². The van der Waals surface area contributed by atoms with Crippen molar-refractivity contribution in [2.24, 2.45) is 11.7 Å². The Morgan fingerprint density at radius 1 is 1.32 bits per heavy atom. The van der Waals surface area contributed by atoms with Gasteiger partial charge < -0.3 is 15.6 Å². The molecule has 0 saturated carbocycles. The third kappa shape index (κ3) is 3.54. The molecule has 0 saturated heterocycles. The summed E-state index contributed by atoms with van der Waals surface area (Å²) in [5.41, 5.74) is 6.54. The summed E-state index contributed by atoms with van der Waals surface area (Å²) in [7, 11) is 1.70. The van der Waals surface area contributed by atoms with E-state index < -0.39 is 0 Å². The molecule has 1 aromatic heterocycles. The highest BCUT2D eigenvalue weighted by Gasteiger charge is 2.17. The minimum atomic E-state index is -0.358. The van der Waals surface area contributed by atoms with Gasteiger partial charge in [-0.25, -0.2) is 0 Å². The van der Waals surface area contributed by atoms with Crippen LogP contribution >= 0.6 is 0 Å². The standard InChI is InChI=1S/C17H23N3O2/c1-11(2)14(18)8-9-20(3)17(22)13-10-12-6-4-5-7-15(12)19-16(13)21/h4-7,10-11,14H,8-9,18H2,1-3H3,(H,19,21). The van der Waals surface area contributed by atoms with Crippen molar-refractivity contribution in [2.45, 2.75) is 26.3 Å². The van der Waals surface area contributed by atoms with Gasteiger partial charge in [0.2, 0.25) is 0 Å². The number of para-hydroxylation sites is 1. The molecule has 0 fully saturated rings. The number of aromatic nitrogens is 1. The third-order valence-corrected chi connectivity index (χ3v) is 3.98. The summed E-state index contributed by atoms with van der Waals surface area (Å²) in [6.45, 7) is 4.64. The van der Waals surface area contributed by atoms with Crippen molar-refractivity contribution in [1.29, 1.82) is 0 Å². The number of nitrogens with zero attached hydrogens (tertiary/aromatic N) is 1. The fraction of sp³-hybridized carbons (Fsp3) is 0.412. The molecule has 0 aliphatic heterocycles. The van der Waals surface area contributed by atoms with E-state index >= 15 is 0 Å². The number of pyridine rings is 1. The van der Waals surface area contributed by atoms with Crippen molar-refractivity contribution >= 4 is 16.8 Å². The van der Waals surface area contributed by atoms with Crippen molar-refractivity contribution in [2.75, 3.05) is 13.6 Å². The van der Waals surface area contributed by atoms with E-state index in [1.807, 2.05) is 24.3 Å². The lowest BCUT2D eigenvalue weighted by Crippen LogP contribution is -2.36. The number of hydrogen-bond donors (Lipinski definition) is 2. The molecule has 1 amide bonds. The van der Waals surface area contributed by atoms with Crippen molar-refractivity contribution in [3.05, 3.63) is 46.2 Å². The first kappa shape index (κ1) is 16.2. The number of carbonyl (C=O) groups excluding carboxylic acids is 1. The van der Waals surface area contributed by atoms with Crippen LogP contribution in [-0.2, 0) is 0 Å². The van der Waals surface area contributed by atoms with Crippen LogP contribution in [0.4, 0.5) is 0 Å². The highest BCUT2D eigenvalue weighted by Crippen LogP contribution is 2.11. The number of benzene rings is 1. The number of nitrogens with one attached hydrogen (secondary N) is 1. The predicted octanol–water partition coefficient (Wildman–Crippen LogP) is 1.97. The van der Waals surface area contributed by atoms with Gasteiger partial charge in [0, 0.05) is 25.2 Å². The molecule has 118 valence electrons. The summed E-state index contributed by atoms with van der Waals surface area (Å²) in [6.07, 6.45) is 0.714. The summed E-state index contributed by atoms with van der Waals surface area (Å²) >= 11 is 0. The number of H-pyrrole nitrogens is 1. The zero-order valence-electron chi connectivity index (χ0n) is 13.3. The van der Waals surface area contributed by atoms with E-state index in [2.05, 4.69) is 18.8 Å². The Balaban J connectivity index is 2.18. The zero-order chi connectivity index (χ0) is 16.3. The number of hydrogen-bond acceptors (Lipinski definition) is 3. The second kappa shape index (κ2) is 6.75. The number of aromatic amines is 1. The van der Waals surface area contributed by atoms with Gasteiger partial charge in [-0.2, -0.15) is 0 Å². The van der Waals surface area contributed by atoms with Gasteiger partial charge in [-0.15, -0.1) is 0 Å². The molecule has 22 heavy (non-hydrogen) atoms. The molecule has 1 atom stereocenters. The fourth-order valence-corrected chi connectivity index (χ4v) is 2.29. The van der Waals surface area contributed by atoms with Crippen LogP contribution in [0.15, 0.2) is 35.1 Å². The molecular formula is C17H23N3O2. The molecule has 3 N–H and O–H groups in total. The molecule has 0 bridgehead atoms. The molecule has 1 unspecified atom stereocenters. The maximum absolute atomic E-state index is 12.5. The van der Waals surface area contributed by atoms with Crippen LogP contribution in [0.5, 0.6) is 0 Å². The second-order valence-corrected chi connectivity index (χ2v) is 6.02. The molecule has 1 aromatic carbocycles. The molecule has 5 nitrogen and oxygen atoms in total. The maximum Gasteiger partial charge on any atom is 0.261 e. The summed E-state index contributed by atoms with van der Waals surface area (Å²) in [5, 5.41) is 0.845. The average Bonchev–Trinajstić information content (AvgIpc) is 2.50. The predicted molar refractivity (Wildman–Crippen MR) is 89.0 cm³/mol. The quantitative estimate of drug-likeness (QED) is 0.886. The Kier molecular flexibility index (Phi) is 4.98. The van der Waals surface area contributed by atoms with Gasteiger partial charge in [-0.05, 0) is 29.9 Å². The maximum atomic E-state index is 12.5. The van der Waals surface area contributed by atoms with E-state index in [-0.39, 0.29) is 23.1 Å². The SMILES string of the molecule is CC(C)C(N)CCN(C)C(=O)c1cc2ccccc2[nH]c1=O. The molecule has 1 heterocycles. The molecule has 5 heteroatoms. The first-order chi connectivity index (χ1) is 10.4. The lowest BCUT2D eigenvalue weighted by molar-refractivity contribution is 0.0787. The van der Waals surface area contributed by atoms with E-state index in [0.717, 1.165) is 10.9 Å². The monoisotopic (exact) mass is 301 g/mol. The Bertz CT molecular complexity index is 721. The van der Waals surface area contributed by atoms with Gasteiger partial charge in [0.05, 0.1) is 0 Å². The molecule has 0 radical (unpaired) electrons. The summed E-state index contributed by atoms with van der Waals surface area (Å²) in [4.78, 5) is 28.9. The lowest BCUT2D eigenvalue weighted by Gasteiger charge is -2.21. The van der Waals surface area contributed by atoms with Gasteiger partial charge in [-0.1, -0.05) is 32.0 Å². The Labute approximate surface area is 130 Å². The van der Waals surface area contributed by atoms with Crippen LogP contribution in [0, 0.1) is 5.92 Å². The molecular weight excluding hydrogens is 278 g/mol. The zero-order valence-corrected chi connectivity index (χ0v) is 13.3. The highest BCUT2D eigenvalue weighted by atomic mass is 16.2. The molecule has 0 aliphatic carbocycles. The Hall–Kier alpha value is -2.14. The number of amides is 1. The number of rotatable bonds is 5. The van der Waals surface area contributed by atoms with Crippen molar-refractivity contribution < 1.29 is 4.79 Å². The summed E-state index contributed by atoms with van der Waals surface area (Å²) in [5.74, 6) is 0.0931. The summed E-state index contributed by atoms with van der Waals surface area (Å²) < 4.78 is 0. The molecule has 2 rings (SSSR count). The van der Waals surface area contributed by atoms with Crippen molar-refractivity contribution in [3.63, 3.8) is 0 Å².